The van der Waals surface area contributed by atoms with Crippen molar-refractivity contribution in [2.45, 2.75) is 50.4 Å². The maximum atomic E-state index is 10.2. The first-order valence-electron chi connectivity index (χ1n) is 6.68. The zero-order chi connectivity index (χ0) is 12.1. The van der Waals surface area contributed by atoms with Crippen molar-refractivity contribution < 1.29 is 5.11 Å². The predicted molar refractivity (Wildman–Crippen MR) is 75.5 cm³/mol. The van der Waals surface area contributed by atoms with Crippen LogP contribution in [0.2, 0.25) is 0 Å². The molecule has 17 heavy (non-hydrogen) atoms. The number of thioether (sulfide) groups is 1. The third-order valence-electron chi connectivity index (χ3n) is 3.54. The van der Waals surface area contributed by atoms with Crippen molar-refractivity contribution >= 4 is 11.8 Å². The summed E-state index contributed by atoms with van der Waals surface area (Å²) >= 11 is 1.95. The normalized spacial score (nSPS) is 18.5. The topological polar surface area (TPSA) is 20.2 Å². The van der Waals surface area contributed by atoms with Crippen LogP contribution >= 0.6 is 11.8 Å². The van der Waals surface area contributed by atoms with Gasteiger partial charge in [0.15, 0.2) is 0 Å². The number of hydrogen-bond acceptors (Lipinski definition) is 2. The van der Waals surface area contributed by atoms with E-state index in [-0.39, 0.29) is 6.10 Å². The summed E-state index contributed by atoms with van der Waals surface area (Å²) in [6.07, 6.45) is 6.17. The Morgan fingerprint density at radius 3 is 2.82 bits per heavy atom. The van der Waals surface area contributed by atoms with Crippen LogP contribution in [0.15, 0.2) is 24.3 Å². The van der Waals surface area contributed by atoms with E-state index in [0.717, 1.165) is 23.0 Å². The van der Waals surface area contributed by atoms with E-state index in [1.165, 1.54) is 31.2 Å². The number of aryl methyl sites for hydroxylation is 1. The highest BCUT2D eigenvalue weighted by Crippen LogP contribution is 2.32. The second kappa shape index (κ2) is 6.46. The van der Waals surface area contributed by atoms with Crippen LogP contribution in [0.5, 0.6) is 0 Å². The van der Waals surface area contributed by atoms with Gasteiger partial charge in [-0.25, -0.2) is 0 Å². The largest absolute Gasteiger partial charge is 0.388 e. The quantitative estimate of drug-likeness (QED) is 0.853. The maximum absolute atomic E-state index is 10.2. The number of hydrogen-bond donors (Lipinski definition) is 1. The van der Waals surface area contributed by atoms with Gasteiger partial charge in [0.1, 0.15) is 0 Å². The van der Waals surface area contributed by atoms with E-state index in [0.29, 0.717) is 0 Å². The van der Waals surface area contributed by atoms with Crippen LogP contribution in [0.1, 0.15) is 49.8 Å². The molecule has 0 heterocycles. The molecule has 1 nitrogen and oxygen atoms in total. The van der Waals surface area contributed by atoms with Crippen molar-refractivity contribution in [3.8, 4) is 0 Å². The van der Waals surface area contributed by atoms with Gasteiger partial charge in [0.25, 0.3) is 0 Å². The molecule has 2 rings (SSSR count). The lowest BCUT2D eigenvalue weighted by atomic mass is 10.1. The summed E-state index contributed by atoms with van der Waals surface area (Å²) in [5.74, 6) is 0.845. The average Bonchev–Trinajstić information content (AvgIpc) is 2.89. The summed E-state index contributed by atoms with van der Waals surface area (Å²) in [4.78, 5) is 0. The van der Waals surface area contributed by atoms with Crippen molar-refractivity contribution in [3.63, 3.8) is 0 Å². The maximum Gasteiger partial charge on any atom is 0.0880 e. The van der Waals surface area contributed by atoms with E-state index >= 15 is 0 Å². The van der Waals surface area contributed by atoms with Crippen LogP contribution in [0.3, 0.4) is 0 Å². The van der Waals surface area contributed by atoms with Gasteiger partial charge in [-0.05, 0) is 30.4 Å². The summed E-state index contributed by atoms with van der Waals surface area (Å²) < 4.78 is 0. The fraction of sp³-hybridized carbons (Fsp3) is 0.600. The lowest BCUT2D eigenvalue weighted by molar-refractivity contribution is 0.204. The third-order valence-corrected chi connectivity index (χ3v) is 4.99. The molecule has 1 saturated carbocycles. The van der Waals surface area contributed by atoms with Gasteiger partial charge in [-0.3, -0.25) is 0 Å². The van der Waals surface area contributed by atoms with Gasteiger partial charge in [0.2, 0.25) is 0 Å². The van der Waals surface area contributed by atoms with E-state index in [9.17, 15) is 5.11 Å². The molecule has 0 spiro atoms. The minimum atomic E-state index is -0.299. The number of aliphatic hydroxyl groups excluding tert-OH is 1. The first-order chi connectivity index (χ1) is 8.29. The molecule has 0 aliphatic heterocycles. The van der Waals surface area contributed by atoms with E-state index in [2.05, 4.69) is 25.1 Å². The highest BCUT2D eigenvalue weighted by Gasteiger charge is 2.17. The van der Waals surface area contributed by atoms with Gasteiger partial charge >= 0.3 is 0 Å². The Kier molecular flexibility index (Phi) is 4.93. The van der Waals surface area contributed by atoms with Gasteiger partial charge in [-0.15, -0.1) is 0 Å². The summed E-state index contributed by atoms with van der Waals surface area (Å²) in [7, 11) is 0. The van der Waals surface area contributed by atoms with Gasteiger partial charge < -0.3 is 5.11 Å². The molecule has 0 aromatic heterocycles. The second-order valence-corrected chi connectivity index (χ2v) is 6.19. The molecule has 1 aliphatic rings. The van der Waals surface area contributed by atoms with E-state index in [1.54, 1.807) is 0 Å². The molecule has 0 saturated heterocycles. The Balaban J connectivity index is 1.87. The van der Waals surface area contributed by atoms with Gasteiger partial charge in [0.05, 0.1) is 6.10 Å². The number of benzene rings is 1. The van der Waals surface area contributed by atoms with Crippen molar-refractivity contribution in [1.82, 2.24) is 0 Å². The average molecular weight is 250 g/mol. The van der Waals surface area contributed by atoms with Gasteiger partial charge in [-0.1, -0.05) is 44.0 Å². The molecule has 1 fully saturated rings. The Hall–Kier alpha value is -0.470. The molecule has 1 N–H and O–H groups in total. The Morgan fingerprint density at radius 2 is 2.12 bits per heavy atom. The minimum Gasteiger partial charge on any atom is -0.388 e. The molecule has 1 aromatic rings. The molecule has 0 bridgehead atoms. The standard InChI is InChI=1S/C15H22OS/c1-2-12-6-5-7-13(10-12)15(16)11-17-14-8-3-4-9-14/h5-7,10,14-16H,2-4,8-9,11H2,1H3. The van der Waals surface area contributed by atoms with Crippen LogP contribution in [-0.2, 0) is 6.42 Å². The van der Waals surface area contributed by atoms with Gasteiger partial charge in [0, 0.05) is 11.0 Å². The first kappa shape index (κ1) is 13.0. The van der Waals surface area contributed by atoms with E-state index in [1.807, 2.05) is 17.8 Å². The molecular weight excluding hydrogens is 228 g/mol. The number of aliphatic hydroxyl groups is 1. The molecule has 0 radical (unpaired) electrons. The SMILES string of the molecule is CCc1cccc(C(O)CSC2CCCC2)c1. The predicted octanol–water partition coefficient (Wildman–Crippen LogP) is 3.96. The Labute approximate surface area is 109 Å². The van der Waals surface area contributed by atoms with Crippen molar-refractivity contribution in [3.05, 3.63) is 35.4 Å². The zero-order valence-electron chi connectivity index (χ0n) is 10.6. The van der Waals surface area contributed by atoms with Crippen molar-refractivity contribution in [1.29, 1.82) is 0 Å². The van der Waals surface area contributed by atoms with Crippen LogP contribution in [0.4, 0.5) is 0 Å². The summed E-state index contributed by atoms with van der Waals surface area (Å²) in [5, 5.41) is 11.0. The van der Waals surface area contributed by atoms with Crippen LogP contribution in [-0.4, -0.2) is 16.1 Å². The first-order valence-corrected chi connectivity index (χ1v) is 7.73. The highest BCUT2D eigenvalue weighted by atomic mass is 32.2. The Bertz CT molecular complexity index is 345. The van der Waals surface area contributed by atoms with Crippen LogP contribution in [0, 0.1) is 0 Å². The van der Waals surface area contributed by atoms with Crippen LogP contribution in [0.25, 0.3) is 0 Å². The van der Waals surface area contributed by atoms with Crippen LogP contribution < -0.4 is 0 Å². The van der Waals surface area contributed by atoms with Gasteiger partial charge in [-0.2, -0.15) is 11.8 Å². The molecule has 1 unspecified atom stereocenters. The molecule has 94 valence electrons. The second-order valence-electron chi connectivity index (χ2n) is 4.85. The summed E-state index contributed by atoms with van der Waals surface area (Å²) in [5.41, 5.74) is 2.39. The molecule has 1 aliphatic carbocycles. The molecular formula is C15H22OS. The summed E-state index contributed by atoms with van der Waals surface area (Å²) in [6.45, 7) is 2.15. The summed E-state index contributed by atoms with van der Waals surface area (Å²) in [6, 6.07) is 8.36. The van der Waals surface area contributed by atoms with E-state index in [4.69, 9.17) is 0 Å². The number of rotatable bonds is 5. The zero-order valence-corrected chi connectivity index (χ0v) is 11.4. The highest BCUT2D eigenvalue weighted by molar-refractivity contribution is 7.99. The van der Waals surface area contributed by atoms with Crippen molar-refractivity contribution in [2.75, 3.05) is 5.75 Å². The fourth-order valence-electron chi connectivity index (χ4n) is 2.40. The molecule has 0 amide bonds. The van der Waals surface area contributed by atoms with Crippen molar-refractivity contribution in [2.24, 2.45) is 0 Å². The lowest BCUT2D eigenvalue weighted by Gasteiger charge is -2.14. The van der Waals surface area contributed by atoms with E-state index < -0.39 is 0 Å². The molecule has 1 atom stereocenters. The Morgan fingerprint density at radius 1 is 1.35 bits per heavy atom. The lowest BCUT2D eigenvalue weighted by Crippen LogP contribution is -2.05. The minimum absolute atomic E-state index is 0.299. The smallest absolute Gasteiger partial charge is 0.0880 e. The molecule has 1 aromatic carbocycles. The molecule has 2 heteroatoms. The fourth-order valence-corrected chi connectivity index (χ4v) is 3.71. The monoisotopic (exact) mass is 250 g/mol. The third kappa shape index (κ3) is 3.75.